The maximum Gasteiger partial charge on any atom is 0.0531 e. The molecule has 0 aliphatic carbocycles. The van der Waals surface area contributed by atoms with Gasteiger partial charge < -0.3 is 9.47 Å². The van der Waals surface area contributed by atoms with E-state index in [0.29, 0.717) is 0 Å². The third-order valence-electron chi connectivity index (χ3n) is 7.87. The Hall–Kier alpha value is -5.60. The van der Waals surface area contributed by atoms with Crippen LogP contribution in [-0.2, 0) is 6.42 Å². The summed E-state index contributed by atoms with van der Waals surface area (Å²) in [6.45, 7) is 0. The van der Waals surface area contributed by atoms with E-state index >= 15 is 0 Å². The van der Waals surface area contributed by atoms with Crippen LogP contribution in [0.4, 0.5) is 17.1 Å². The van der Waals surface area contributed by atoms with Gasteiger partial charge in [0.15, 0.2) is 0 Å². The maximum atomic E-state index is 2.40. The zero-order valence-electron chi connectivity index (χ0n) is 23.9. The first-order valence-electron chi connectivity index (χ1n) is 14.7. The van der Waals surface area contributed by atoms with Gasteiger partial charge >= 0.3 is 0 Å². The lowest BCUT2D eigenvalue weighted by atomic mass is 10.0. The highest BCUT2D eigenvalue weighted by molar-refractivity contribution is 5.78. The second-order valence-corrected chi connectivity index (χ2v) is 10.7. The average molecular weight is 553 g/mol. The van der Waals surface area contributed by atoms with E-state index in [0.717, 1.165) is 29.2 Å². The fourth-order valence-electron chi connectivity index (χ4n) is 5.77. The fourth-order valence-corrected chi connectivity index (χ4v) is 5.77. The minimum atomic E-state index is 0.871. The lowest BCUT2D eigenvalue weighted by molar-refractivity contribution is 0.965. The molecule has 0 fully saturated rings. The van der Waals surface area contributed by atoms with Gasteiger partial charge in [0.25, 0.3) is 0 Å². The van der Waals surface area contributed by atoms with Crippen molar-refractivity contribution in [3.8, 4) is 28.1 Å². The van der Waals surface area contributed by atoms with Gasteiger partial charge in [-0.05, 0) is 82.9 Å². The van der Waals surface area contributed by atoms with Crippen LogP contribution in [0, 0.1) is 0 Å². The van der Waals surface area contributed by atoms with Gasteiger partial charge in [-0.1, -0.05) is 121 Å². The Labute approximate surface area is 253 Å². The summed E-state index contributed by atoms with van der Waals surface area (Å²) in [5.41, 5.74) is 11.9. The Morgan fingerprint density at radius 2 is 0.837 bits per heavy atom. The molecule has 43 heavy (non-hydrogen) atoms. The number of anilines is 3. The first kappa shape index (κ1) is 26.3. The molecule has 2 heteroatoms. The van der Waals surface area contributed by atoms with E-state index < -0.39 is 0 Å². The lowest BCUT2D eigenvalue weighted by Gasteiger charge is -2.25. The molecule has 0 unspecified atom stereocenters. The van der Waals surface area contributed by atoms with Crippen molar-refractivity contribution in [1.29, 1.82) is 0 Å². The Morgan fingerprint density at radius 1 is 0.372 bits per heavy atom. The number of hydrogen-bond acceptors (Lipinski definition) is 1. The summed E-state index contributed by atoms with van der Waals surface area (Å²) in [6, 6.07) is 64.7. The van der Waals surface area contributed by atoms with Crippen LogP contribution in [0.25, 0.3) is 28.1 Å². The quantitative estimate of drug-likeness (QED) is 0.182. The third kappa shape index (κ3) is 5.64. The van der Waals surface area contributed by atoms with Crippen molar-refractivity contribution in [1.82, 2.24) is 4.57 Å². The molecule has 0 saturated heterocycles. The standard InChI is InChI=1S/C41H32N2/c1-5-13-32(14-6-1)31-40-29-30-41(35-15-7-2-8-16-35)43(40)39-27-23-34(24-28-39)33-21-25-38(26-22-33)42(36-17-9-3-10-18-36)37-19-11-4-12-20-37/h1-30H,31H2. The van der Waals surface area contributed by atoms with Crippen LogP contribution >= 0.6 is 0 Å². The molecule has 0 N–H and O–H groups in total. The topological polar surface area (TPSA) is 8.17 Å². The van der Waals surface area contributed by atoms with Gasteiger partial charge in [-0.2, -0.15) is 0 Å². The average Bonchev–Trinajstić information content (AvgIpc) is 3.50. The predicted molar refractivity (Wildman–Crippen MR) is 181 cm³/mol. The van der Waals surface area contributed by atoms with Gasteiger partial charge in [0.2, 0.25) is 0 Å². The van der Waals surface area contributed by atoms with Crippen molar-refractivity contribution in [3.63, 3.8) is 0 Å². The molecule has 0 spiro atoms. The molecule has 0 atom stereocenters. The van der Waals surface area contributed by atoms with Crippen LogP contribution in [-0.4, -0.2) is 4.57 Å². The number of nitrogens with zero attached hydrogens (tertiary/aromatic N) is 2. The van der Waals surface area contributed by atoms with Crippen molar-refractivity contribution in [2.45, 2.75) is 6.42 Å². The molecule has 1 heterocycles. The van der Waals surface area contributed by atoms with Gasteiger partial charge in [-0.3, -0.25) is 0 Å². The minimum absolute atomic E-state index is 0.871. The molecule has 6 aromatic carbocycles. The van der Waals surface area contributed by atoms with Crippen LogP contribution in [0.2, 0.25) is 0 Å². The van der Waals surface area contributed by atoms with Crippen molar-refractivity contribution in [3.05, 3.63) is 193 Å². The molecule has 0 bridgehead atoms. The van der Waals surface area contributed by atoms with Gasteiger partial charge in [-0.25, -0.2) is 0 Å². The van der Waals surface area contributed by atoms with E-state index in [2.05, 4.69) is 191 Å². The molecular formula is C41H32N2. The van der Waals surface area contributed by atoms with Crippen molar-refractivity contribution >= 4 is 17.1 Å². The van der Waals surface area contributed by atoms with Gasteiger partial charge in [0.1, 0.15) is 0 Å². The monoisotopic (exact) mass is 552 g/mol. The molecule has 7 rings (SSSR count). The minimum Gasteiger partial charge on any atom is -0.313 e. The summed E-state index contributed by atoms with van der Waals surface area (Å²) in [6.07, 6.45) is 0.871. The highest BCUT2D eigenvalue weighted by Gasteiger charge is 2.14. The third-order valence-corrected chi connectivity index (χ3v) is 7.87. The SMILES string of the molecule is c1ccc(Cc2ccc(-c3ccccc3)n2-c2ccc(-c3ccc(N(c4ccccc4)c4ccccc4)cc3)cc2)cc1. The zero-order chi connectivity index (χ0) is 28.8. The molecule has 0 aliphatic rings. The van der Waals surface area contributed by atoms with E-state index in [1.165, 1.54) is 33.6 Å². The van der Waals surface area contributed by atoms with Crippen molar-refractivity contribution in [2.75, 3.05) is 4.90 Å². The number of hydrogen-bond donors (Lipinski definition) is 0. The fraction of sp³-hybridized carbons (Fsp3) is 0.0244. The van der Waals surface area contributed by atoms with Gasteiger partial charge in [-0.15, -0.1) is 0 Å². The highest BCUT2D eigenvalue weighted by atomic mass is 15.1. The molecule has 2 nitrogen and oxygen atoms in total. The van der Waals surface area contributed by atoms with Crippen LogP contribution < -0.4 is 4.90 Å². The Balaban J connectivity index is 1.21. The lowest BCUT2D eigenvalue weighted by Crippen LogP contribution is -2.09. The number of aromatic nitrogens is 1. The van der Waals surface area contributed by atoms with E-state index in [1.54, 1.807) is 0 Å². The first-order valence-corrected chi connectivity index (χ1v) is 14.7. The normalized spacial score (nSPS) is 10.9. The summed E-state index contributed by atoms with van der Waals surface area (Å²) in [7, 11) is 0. The smallest absolute Gasteiger partial charge is 0.0531 e. The van der Waals surface area contributed by atoms with Crippen LogP contribution in [0.15, 0.2) is 182 Å². The summed E-state index contributed by atoms with van der Waals surface area (Å²) < 4.78 is 2.40. The van der Waals surface area contributed by atoms with Gasteiger partial charge in [0, 0.05) is 34.9 Å². The number of rotatable bonds is 8. The molecule has 0 amide bonds. The molecule has 1 aromatic heterocycles. The molecule has 0 saturated carbocycles. The first-order chi connectivity index (χ1) is 21.3. The summed E-state index contributed by atoms with van der Waals surface area (Å²) in [5.74, 6) is 0. The Bertz CT molecular complexity index is 1850. The van der Waals surface area contributed by atoms with Crippen LogP contribution in [0.1, 0.15) is 11.3 Å². The van der Waals surface area contributed by atoms with Gasteiger partial charge in [0.05, 0.1) is 5.69 Å². The van der Waals surface area contributed by atoms with Crippen LogP contribution in [0.3, 0.4) is 0 Å². The molecule has 7 aromatic rings. The van der Waals surface area contributed by atoms with E-state index in [4.69, 9.17) is 0 Å². The Kier molecular flexibility index (Phi) is 7.40. The molecular weight excluding hydrogens is 520 g/mol. The Morgan fingerprint density at radius 3 is 1.40 bits per heavy atom. The van der Waals surface area contributed by atoms with E-state index in [-0.39, 0.29) is 0 Å². The predicted octanol–water partition coefficient (Wildman–Crippen LogP) is 10.9. The zero-order valence-corrected chi connectivity index (χ0v) is 23.9. The molecule has 0 aliphatic heterocycles. The molecule has 0 radical (unpaired) electrons. The van der Waals surface area contributed by atoms with Crippen molar-refractivity contribution < 1.29 is 0 Å². The van der Waals surface area contributed by atoms with E-state index in [1.807, 2.05) is 0 Å². The van der Waals surface area contributed by atoms with E-state index in [9.17, 15) is 0 Å². The maximum absolute atomic E-state index is 2.40. The second-order valence-electron chi connectivity index (χ2n) is 10.7. The highest BCUT2D eigenvalue weighted by Crippen LogP contribution is 2.36. The largest absolute Gasteiger partial charge is 0.313 e. The summed E-state index contributed by atoms with van der Waals surface area (Å²) >= 11 is 0. The summed E-state index contributed by atoms with van der Waals surface area (Å²) in [5, 5.41) is 0. The second kappa shape index (κ2) is 12.1. The van der Waals surface area contributed by atoms with Crippen molar-refractivity contribution in [2.24, 2.45) is 0 Å². The molecule has 206 valence electrons. The number of benzene rings is 6. The number of para-hydroxylation sites is 2. The van der Waals surface area contributed by atoms with Crippen LogP contribution in [0.5, 0.6) is 0 Å². The summed E-state index contributed by atoms with van der Waals surface area (Å²) in [4.78, 5) is 2.29.